The van der Waals surface area contributed by atoms with Crippen molar-refractivity contribution in [2.45, 2.75) is 13.0 Å². The van der Waals surface area contributed by atoms with Crippen LogP contribution >= 0.6 is 11.6 Å². The molecule has 97 valence electrons. The summed E-state index contributed by atoms with van der Waals surface area (Å²) in [4.78, 5) is 0. The molecule has 0 aliphatic rings. The van der Waals surface area contributed by atoms with Gasteiger partial charge in [0.2, 0.25) is 0 Å². The topological polar surface area (TPSA) is 39.1 Å². The van der Waals surface area contributed by atoms with E-state index in [1.54, 1.807) is 0 Å². The van der Waals surface area contributed by atoms with Gasteiger partial charge in [0.1, 0.15) is 9.84 Å². The van der Waals surface area contributed by atoms with E-state index in [2.05, 4.69) is 6.92 Å². The van der Waals surface area contributed by atoms with Crippen LogP contribution in [0.25, 0.3) is 10.9 Å². The van der Waals surface area contributed by atoms with Crippen molar-refractivity contribution in [1.29, 1.82) is 0 Å². The second-order valence-electron chi connectivity index (χ2n) is 4.47. The molecule has 0 saturated carbocycles. The Bertz CT molecular complexity index is 674. The lowest BCUT2D eigenvalue weighted by molar-refractivity contribution is 0.593. The van der Waals surface area contributed by atoms with Gasteiger partial charge in [-0.15, -0.1) is 0 Å². The van der Waals surface area contributed by atoms with Crippen molar-refractivity contribution >= 4 is 32.3 Å². The third-order valence-electron chi connectivity index (χ3n) is 2.85. The number of benzene rings is 1. The van der Waals surface area contributed by atoms with Gasteiger partial charge in [-0.2, -0.15) is 0 Å². The molecule has 0 spiro atoms. The first-order valence-electron chi connectivity index (χ1n) is 5.65. The number of hydrogen-bond donors (Lipinski definition) is 0. The van der Waals surface area contributed by atoms with Crippen molar-refractivity contribution < 1.29 is 8.42 Å². The van der Waals surface area contributed by atoms with Crippen molar-refractivity contribution in [3.63, 3.8) is 0 Å². The van der Waals surface area contributed by atoms with E-state index in [0.717, 1.165) is 16.6 Å². The average molecular weight is 285 g/mol. The Morgan fingerprint density at radius 3 is 2.72 bits per heavy atom. The van der Waals surface area contributed by atoms with Gasteiger partial charge in [-0.3, -0.25) is 0 Å². The Kier molecular flexibility index (Phi) is 3.69. The van der Waals surface area contributed by atoms with E-state index >= 15 is 0 Å². The van der Waals surface area contributed by atoms with Crippen LogP contribution in [0.2, 0.25) is 5.02 Å². The lowest BCUT2D eigenvalue weighted by Gasteiger charge is -2.07. The molecule has 18 heavy (non-hydrogen) atoms. The molecule has 0 fully saturated rings. The molecule has 0 saturated heterocycles. The lowest BCUT2D eigenvalue weighted by atomic mass is 10.2. The van der Waals surface area contributed by atoms with E-state index in [4.69, 9.17) is 11.6 Å². The van der Waals surface area contributed by atoms with Crippen LogP contribution in [-0.2, 0) is 16.4 Å². The summed E-state index contributed by atoms with van der Waals surface area (Å²) >= 11 is 5.94. The summed E-state index contributed by atoms with van der Waals surface area (Å²) in [6.45, 7) is 4.62. The number of sulfone groups is 1. The van der Waals surface area contributed by atoms with E-state index in [1.165, 1.54) is 6.26 Å². The molecule has 0 N–H and O–H groups in total. The average Bonchev–Trinajstić information content (AvgIpc) is 2.52. The number of halogens is 1. The molecule has 0 aliphatic heterocycles. The van der Waals surface area contributed by atoms with E-state index in [1.807, 2.05) is 28.8 Å². The summed E-state index contributed by atoms with van der Waals surface area (Å²) in [5.41, 5.74) is 1.92. The van der Waals surface area contributed by atoms with Crippen LogP contribution < -0.4 is 0 Å². The first-order valence-corrected chi connectivity index (χ1v) is 8.09. The number of rotatable bonds is 4. The minimum Gasteiger partial charge on any atom is -0.345 e. The minimum atomic E-state index is -2.91. The van der Waals surface area contributed by atoms with Crippen LogP contribution in [0, 0.1) is 6.92 Å². The van der Waals surface area contributed by atoms with Gasteiger partial charge >= 0.3 is 0 Å². The second-order valence-corrected chi connectivity index (χ2v) is 7.17. The molecule has 0 bridgehead atoms. The zero-order valence-electron chi connectivity index (χ0n) is 10.2. The lowest BCUT2D eigenvalue weighted by Crippen LogP contribution is -2.08. The van der Waals surface area contributed by atoms with Crippen molar-refractivity contribution in [3.8, 4) is 0 Å². The van der Waals surface area contributed by atoms with Crippen LogP contribution in [0.1, 0.15) is 12.1 Å². The highest BCUT2D eigenvalue weighted by Gasteiger charge is 2.07. The maximum Gasteiger partial charge on any atom is 0.147 e. The zero-order valence-corrected chi connectivity index (χ0v) is 11.8. The minimum absolute atomic E-state index is 0.194. The largest absolute Gasteiger partial charge is 0.345 e. The van der Waals surface area contributed by atoms with Crippen LogP contribution in [-0.4, -0.2) is 25.0 Å². The molecule has 1 aromatic heterocycles. The molecular formula is C13H15ClNO2S. The third kappa shape index (κ3) is 3.06. The summed E-state index contributed by atoms with van der Waals surface area (Å²) in [7, 11) is -2.91. The van der Waals surface area contributed by atoms with Crippen molar-refractivity contribution in [2.24, 2.45) is 0 Å². The maximum atomic E-state index is 11.1. The number of nitrogens with zero attached hydrogens (tertiary/aromatic N) is 1. The van der Waals surface area contributed by atoms with Gasteiger partial charge in [-0.25, -0.2) is 8.42 Å². The van der Waals surface area contributed by atoms with Crippen LogP contribution in [0.4, 0.5) is 0 Å². The Hall–Kier alpha value is -1.00. The highest BCUT2D eigenvalue weighted by molar-refractivity contribution is 7.90. The fraction of sp³-hybridized carbons (Fsp3) is 0.308. The van der Waals surface area contributed by atoms with Crippen molar-refractivity contribution in [3.05, 3.63) is 41.9 Å². The zero-order chi connectivity index (χ0) is 13.3. The number of fused-ring (bicyclic) bond motifs is 1. The van der Waals surface area contributed by atoms with Crippen molar-refractivity contribution in [1.82, 2.24) is 4.57 Å². The third-order valence-corrected chi connectivity index (χ3v) is 4.11. The normalized spacial score (nSPS) is 12.2. The molecule has 0 unspecified atom stereocenters. The number of aryl methyl sites for hydroxylation is 1. The predicted octanol–water partition coefficient (Wildman–Crippen LogP) is 2.91. The Morgan fingerprint density at radius 1 is 1.33 bits per heavy atom. The molecule has 0 atom stereocenters. The van der Waals surface area contributed by atoms with Gasteiger partial charge in [0.05, 0.1) is 5.75 Å². The second kappa shape index (κ2) is 4.94. The number of hydrogen-bond acceptors (Lipinski definition) is 2. The molecule has 1 aromatic carbocycles. The molecule has 2 aromatic rings. The summed E-state index contributed by atoms with van der Waals surface area (Å²) < 4.78 is 24.2. The van der Waals surface area contributed by atoms with Crippen LogP contribution in [0.15, 0.2) is 24.3 Å². The first-order chi connectivity index (χ1) is 8.37. The summed E-state index contributed by atoms with van der Waals surface area (Å²) in [5.74, 6) is 0.194. The summed E-state index contributed by atoms with van der Waals surface area (Å²) in [6, 6.07) is 7.61. The van der Waals surface area contributed by atoms with Gasteiger partial charge in [0, 0.05) is 34.4 Å². The first kappa shape index (κ1) is 13.4. The van der Waals surface area contributed by atoms with Crippen LogP contribution in [0.5, 0.6) is 0 Å². The quantitative estimate of drug-likeness (QED) is 0.866. The summed E-state index contributed by atoms with van der Waals surface area (Å²) in [6.07, 6.45) is 1.85. The summed E-state index contributed by atoms with van der Waals surface area (Å²) in [5, 5.41) is 1.72. The molecule has 1 radical (unpaired) electrons. The van der Waals surface area contributed by atoms with Gasteiger partial charge < -0.3 is 4.57 Å². The van der Waals surface area contributed by atoms with Gasteiger partial charge in [0.15, 0.2) is 0 Å². The molecule has 5 heteroatoms. The van der Waals surface area contributed by atoms with E-state index in [0.29, 0.717) is 18.0 Å². The van der Waals surface area contributed by atoms with E-state index in [9.17, 15) is 8.42 Å². The van der Waals surface area contributed by atoms with Crippen molar-refractivity contribution in [2.75, 3.05) is 12.0 Å². The fourth-order valence-electron chi connectivity index (χ4n) is 2.05. The monoisotopic (exact) mass is 284 g/mol. The van der Waals surface area contributed by atoms with E-state index < -0.39 is 9.84 Å². The highest BCUT2D eigenvalue weighted by Crippen LogP contribution is 2.23. The Balaban J connectivity index is 2.25. The molecule has 2 rings (SSSR count). The molecule has 3 nitrogen and oxygen atoms in total. The van der Waals surface area contributed by atoms with Gasteiger partial charge in [-0.1, -0.05) is 11.6 Å². The SMILES string of the molecule is [CH2]c1cc2cc(Cl)ccc2n1CCCS(C)(=O)=O. The number of aromatic nitrogens is 1. The molecular weight excluding hydrogens is 270 g/mol. The standard InChI is InChI=1S/C13H15ClNO2S/c1-10-8-11-9-12(14)4-5-13(11)15(10)6-3-7-18(2,16)17/h4-5,8-9H,1,3,6-7H2,2H3. The van der Waals surface area contributed by atoms with E-state index in [-0.39, 0.29) is 5.75 Å². The van der Waals surface area contributed by atoms with Gasteiger partial charge in [0.25, 0.3) is 0 Å². The maximum absolute atomic E-state index is 11.1. The molecule has 0 amide bonds. The molecule has 0 aliphatic carbocycles. The predicted molar refractivity (Wildman–Crippen MR) is 75.7 cm³/mol. The highest BCUT2D eigenvalue weighted by atomic mass is 35.5. The Morgan fingerprint density at radius 2 is 2.06 bits per heavy atom. The van der Waals surface area contributed by atoms with Crippen LogP contribution in [0.3, 0.4) is 0 Å². The Labute approximate surface area is 112 Å². The molecule has 1 heterocycles. The smallest absolute Gasteiger partial charge is 0.147 e. The van der Waals surface area contributed by atoms with Gasteiger partial charge in [-0.05, 0) is 37.6 Å². The fourth-order valence-corrected chi connectivity index (χ4v) is 2.88.